The van der Waals surface area contributed by atoms with Gasteiger partial charge in [-0.15, -0.1) is 0 Å². The lowest BCUT2D eigenvalue weighted by Gasteiger charge is -2.21. The quantitative estimate of drug-likeness (QED) is 0.448. The van der Waals surface area contributed by atoms with Crippen LogP contribution in [0.2, 0.25) is 5.02 Å². The molecule has 0 unspecified atom stereocenters. The molecule has 2 N–H and O–H groups in total. The molecule has 0 aliphatic carbocycles. The molecule has 1 aliphatic rings. The van der Waals surface area contributed by atoms with Crippen molar-refractivity contribution < 1.29 is 30.4 Å². The molecule has 204 valence electrons. The average Bonchev–Trinajstić information content (AvgIpc) is 3.17. The van der Waals surface area contributed by atoms with Crippen molar-refractivity contribution in [3.05, 3.63) is 58.6 Å². The van der Waals surface area contributed by atoms with Gasteiger partial charge in [-0.2, -0.15) is 4.31 Å². The Kier molecular flexibility index (Phi) is 12.3. The van der Waals surface area contributed by atoms with Crippen LogP contribution in [-0.2, 0) is 10.0 Å². The number of nitrogens with zero attached hydrogens (tertiary/aromatic N) is 2. The lowest BCUT2D eigenvalue weighted by molar-refractivity contribution is -0.0000257. The summed E-state index contributed by atoms with van der Waals surface area (Å²) in [5.41, 5.74) is 1.17. The van der Waals surface area contributed by atoms with Gasteiger partial charge in [0, 0.05) is 43.0 Å². The fraction of sp³-hybridized carbons (Fsp3) is 0.462. The molecule has 0 saturated carbocycles. The maximum atomic E-state index is 13.2. The molecule has 0 spiro atoms. The topological polar surface area (TPSA) is 98.8 Å². The van der Waals surface area contributed by atoms with Gasteiger partial charge in [-0.25, -0.2) is 8.42 Å². The standard InChI is InChI=1S/C26H35ClN4O4S.ClH/c1-3-30(4-2)18-15-28-25(32)20-9-12-22(13-10-20)29-26(33)21-11-14-23(27)24(19-21)36(34,35)31-16-7-5-6-8-17-31;/h9-14,19H,3-8,15-18H2,1-2H3,(H,28,32)(H,29,33);1H/p-1. The summed E-state index contributed by atoms with van der Waals surface area (Å²) in [5, 5.41) is 5.75. The van der Waals surface area contributed by atoms with Crippen LogP contribution in [0.4, 0.5) is 5.69 Å². The van der Waals surface area contributed by atoms with Crippen molar-refractivity contribution >= 4 is 39.1 Å². The van der Waals surface area contributed by atoms with E-state index in [1.165, 1.54) is 22.5 Å². The maximum Gasteiger partial charge on any atom is 0.255 e. The highest BCUT2D eigenvalue weighted by atomic mass is 35.5. The number of carbonyl (C=O) groups is 2. The Bertz CT molecular complexity index is 1150. The molecule has 3 rings (SSSR count). The van der Waals surface area contributed by atoms with E-state index in [0.717, 1.165) is 45.3 Å². The summed E-state index contributed by atoms with van der Waals surface area (Å²) in [5.74, 6) is -0.642. The number of hydrogen-bond acceptors (Lipinski definition) is 5. The Labute approximate surface area is 231 Å². The van der Waals surface area contributed by atoms with Crippen molar-refractivity contribution in [3.8, 4) is 0 Å². The Morgan fingerprint density at radius 1 is 0.919 bits per heavy atom. The van der Waals surface area contributed by atoms with Crippen molar-refractivity contribution in [2.24, 2.45) is 0 Å². The zero-order valence-electron chi connectivity index (χ0n) is 21.3. The second-order valence-electron chi connectivity index (χ2n) is 8.78. The summed E-state index contributed by atoms with van der Waals surface area (Å²) in [6.07, 6.45) is 3.61. The van der Waals surface area contributed by atoms with Gasteiger partial charge < -0.3 is 27.9 Å². The minimum atomic E-state index is -3.80. The van der Waals surface area contributed by atoms with Crippen LogP contribution in [0.5, 0.6) is 0 Å². The van der Waals surface area contributed by atoms with E-state index in [-0.39, 0.29) is 33.8 Å². The van der Waals surface area contributed by atoms with Crippen LogP contribution in [0, 0.1) is 0 Å². The first kappa shape index (κ1) is 31.1. The van der Waals surface area contributed by atoms with Gasteiger partial charge in [0.05, 0.1) is 5.02 Å². The lowest BCUT2D eigenvalue weighted by atomic mass is 10.1. The number of benzene rings is 2. The van der Waals surface area contributed by atoms with Crippen molar-refractivity contribution in [2.45, 2.75) is 44.4 Å². The molecule has 2 amide bonds. The van der Waals surface area contributed by atoms with Gasteiger partial charge in [0.25, 0.3) is 11.8 Å². The third-order valence-electron chi connectivity index (χ3n) is 6.39. The van der Waals surface area contributed by atoms with Gasteiger partial charge in [0.2, 0.25) is 10.0 Å². The second-order valence-corrected chi connectivity index (χ2v) is 11.1. The first-order valence-corrected chi connectivity index (χ1v) is 14.3. The number of anilines is 1. The number of carbonyl (C=O) groups excluding carboxylic acids is 2. The van der Waals surface area contributed by atoms with Crippen molar-refractivity contribution in [3.63, 3.8) is 0 Å². The fourth-order valence-corrected chi connectivity index (χ4v) is 6.16. The second kappa shape index (κ2) is 14.7. The first-order chi connectivity index (χ1) is 17.3. The van der Waals surface area contributed by atoms with Crippen molar-refractivity contribution in [1.82, 2.24) is 14.5 Å². The molecule has 37 heavy (non-hydrogen) atoms. The molecule has 1 fully saturated rings. The zero-order valence-corrected chi connectivity index (χ0v) is 23.6. The number of likely N-dealkylation sites (N-methyl/N-ethyl adjacent to an activating group) is 1. The first-order valence-electron chi connectivity index (χ1n) is 12.5. The van der Waals surface area contributed by atoms with E-state index >= 15 is 0 Å². The van der Waals surface area contributed by atoms with Gasteiger partial charge in [0.15, 0.2) is 0 Å². The van der Waals surface area contributed by atoms with Crippen LogP contribution in [-0.4, -0.2) is 68.7 Å². The van der Waals surface area contributed by atoms with E-state index in [1.807, 2.05) is 0 Å². The molecule has 2 aromatic carbocycles. The molecule has 1 aliphatic heterocycles. The van der Waals surface area contributed by atoms with E-state index in [4.69, 9.17) is 11.6 Å². The Morgan fingerprint density at radius 3 is 2.11 bits per heavy atom. The molecule has 11 heteroatoms. The predicted molar refractivity (Wildman–Crippen MR) is 143 cm³/mol. The number of amides is 2. The van der Waals surface area contributed by atoms with Crippen LogP contribution in [0.15, 0.2) is 47.4 Å². The van der Waals surface area contributed by atoms with E-state index < -0.39 is 15.9 Å². The molecule has 2 aromatic rings. The summed E-state index contributed by atoms with van der Waals surface area (Å²) in [7, 11) is -3.80. The van der Waals surface area contributed by atoms with Gasteiger partial charge in [-0.1, -0.05) is 38.3 Å². The summed E-state index contributed by atoms with van der Waals surface area (Å²) >= 11 is 6.24. The number of nitrogens with one attached hydrogen (secondary N) is 2. The zero-order chi connectivity index (χ0) is 26.1. The molecule has 1 saturated heterocycles. The van der Waals surface area contributed by atoms with Crippen molar-refractivity contribution in [2.75, 3.05) is 44.6 Å². The molecule has 0 atom stereocenters. The SMILES string of the molecule is CCN(CC)CCNC(=O)c1ccc(NC(=O)c2ccc(Cl)c(S(=O)(=O)N3CCCCCC3)c2)cc1.[Cl-]. The summed E-state index contributed by atoms with van der Waals surface area (Å²) in [6, 6.07) is 10.8. The van der Waals surface area contributed by atoms with E-state index in [0.29, 0.717) is 30.9 Å². The van der Waals surface area contributed by atoms with Crippen LogP contribution in [0.25, 0.3) is 0 Å². The summed E-state index contributed by atoms with van der Waals surface area (Å²) in [6.45, 7) is 8.26. The highest BCUT2D eigenvalue weighted by molar-refractivity contribution is 7.89. The Morgan fingerprint density at radius 2 is 1.51 bits per heavy atom. The third-order valence-corrected chi connectivity index (χ3v) is 8.77. The highest BCUT2D eigenvalue weighted by Crippen LogP contribution is 2.28. The highest BCUT2D eigenvalue weighted by Gasteiger charge is 2.28. The Hall–Kier alpha value is -2.17. The largest absolute Gasteiger partial charge is 1.00 e. The lowest BCUT2D eigenvalue weighted by Crippen LogP contribution is -3.00. The van der Waals surface area contributed by atoms with Crippen LogP contribution in [0.1, 0.15) is 60.2 Å². The van der Waals surface area contributed by atoms with E-state index in [1.54, 1.807) is 24.3 Å². The van der Waals surface area contributed by atoms with E-state index in [2.05, 4.69) is 29.4 Å². The molecular weight excluding hydrogens is 535 g/mol. The van der Waals surface area contributed by atoms with Crippen molar-refractivity contribution in [1.29, 1.82) is 0 Å². The normalized spacial score (nSPS) is 14.5. The number of halogens is 2. The number of sulfonamides is 1. The minimum absolute atomic E-state index is 0. The van der Waals surface area contributed by atoms with Gasteiger partial charge in [-0.3, -0.25) is 9.59 Å². The molecule has 0 radical (unpaired) electrons. The molecule has 1 heterocycles. The summed E-state index contributed by atoms with van der Waals surface area (Å²) in [4.78, 5) is 27.4. The van der Waals surface area contributed by atoms with Crippen LogP contribution >= 0.6 is 11.6 Å². The summed E-state index contributed by atoms with van der Waals surface area (Å²) < 4.78 is 27.9. The van der Waals surface area contributed by atoms with Gasteiger partial charge in [-0.05, 0) is 68.4 Å². The predicted octanol–water partition coefficient (Wildman–Crippen LogP) is 1.23. The fourth-order valence-electron chi connectivity index (χ4n) is 4.14. The Balaban J connectivity index is 0.00000481. The molecule has 0 aromatic heterocycles. The maximum absolute atomic E-state index is 13.2. The molecule has 0 bridgehead atoms. The average molecular weight is 571 g/mol. The van der Waals surface area contributed by atoms with Gasteiger partial charge >= 0.3 is 0 Å². The molecule has 8 nitrogen and oxygen atoms in total. The third kappa shape index (κ3) is 8.41. The smallest absolute Gasteiger partial charge is 0.255 e. The van der Waals surface area contributed by atoms with Crippen LogP contribution < -0.4 is 23.0 Å². The number of hydrogen-bond donors (Lipinski definition) is 2. The van der Waals surface area contributed by atoms with Crippen LogP contribution in [0.3, 0.4) is 0 Å². The number of rotatable bonds is 10. The van der Waals surface area contributed by atoms with E-state index in [9.17, 15) is 18.0 Å². The molecular formula is C26H35Cl2N4O4S-. The minimum Gasteiger partial charge on any atom is -1.00 e. The van der Waals surface area contributed by atoms with Gasteiger partial charge in [0.1, 0.15) is 4.90 Å². The monoisotopic (exact) mass is 569 g/mol.